The first-order valence-electron chi connectivity index (χ1n) is 13.2. The second kappa shape index (κ2) is 10.2. The Bertz CT molecular complexity index is 1560. The van der Waals surface area contributed by atoms with Gasteiger partial charge in [0.05, 0.1) is 5.69 Å². The van der Waals surface area contributed by atoms with Crippen LogP contribution >= 0.6 is 0 Å². The van der Waals surface area contributed by atoms with Gasteiger partial charge in [-0.3, -0.25) is 9.88 Å². The number of benzene rings is 3. The van der Waals surface area contributed by atoms with Crippen molar-refractivity contribution in [3.05, 3.63) is 119 Å². The van der Waals surface area contributed by atoms with Crippen molar-refractivity contribution in [3.63, 3.8) is 0 Å². The van der Waals surface area contributed by atoms with Gasteiger partial charge in [-0.05, 0) is 65.6 Å². The Balaban J connectivity index is 1.29. The monoisotopic (exact) mass is 484 g/mol. The number of rotatable bonds is 6. The predicted octanol–water partition coefficient (Wildman–Crippen LogP) is 7.47. The molecule has 0 fully saturated rings. The lowest BCUT2D eigenvalue weighted by atomic mass is 9.94. The summed E-state index contributed by atoms with van der Waals surface area (Å²) in [5.74, 6) is 0.979. The molecule has 5 aromatic rings. The van der Waals surface area contributed by atoms with Crippen LogP contribution in [0, 0.1) is 6.92 Å². The van der Waals surface area contributed by atoms with E-state index in [2.05, 4.69) is 109 Å². The second-order valence-electron chi connectivity index (χ2n) is 9.96. The Morgan fingerprint density at radius 2 is 1.65 bits per heavy atom. The SMILES string of the molecule is CCc1cnc(Nc2ccc(C)c(-c3cc4ccccc4cn3)c2)c2c1CN(Cc1ccccc1)CC2. The van der Waals surface area contributed by atoms with E-state index in [0.29, 0.717) is 0 Å². The topological polar surface area (TPSA) is 41.1 Å². The van der Waals surface area contributed by atoms with Crippen molar-refractivity contribution in [2.24, 2.45) is 0 Å². The first-order chi connectivity index (χ1) is 18.2. The number of nitrogens with one attached hydrogen (secondary N) is 1. The smallest absolute Gasteiger partial charge is 0.133 e. The van der Waals surface area contributed by atoms with E-state index >= 15 is 0 Å². The number of fused-ring (bicyclic) bond motifs is 2. The molecule has 0 bridgehead atoms. The van der Waals surface area contributed by atoms with E-state index < -0.39 is 0 Å². The lowest BCUT2D eigenvalue weighted by Gasteiger charge is -2.31. The molecule has 0 aliphatic carbocycles. The van der Waals surface area contributed by atoms with Crippen LogP contribution in [0.5, 0.6) is 0 Å². The summed E-state index contributed by atoms with van der Waals surface area (Å²) in [5.41, 5.74) is 9.90. The van der Waals surface area contributed by atoms with Crippen LogP contribution in [0.25, 0.3) is 22.0 Å². The Morgan fingerprint density at radius 1 is 0.838 bits per heavy atom. The largest absolute Gasteiger partial charge is 0.340 e. The summed E-state index contributed by atoms with van der Waals surface area (Å²) in [6, 6.07) is 27.8. The van der Waals surface area contributed by atoms with E-state index in [1.807, 2.05) is 6.20 Å². The molecule has 0 spiro atoms. The Hall–Kier alpha value is -4.02. The van der Waals surface area contributed by atoms with Gasteiger partial charge in [0, 0.05) is 54.2 Å². The molecule has 0 saturated carbocycles. The molecule has 3 heterocycles. The maximum absolute atomic E-state index is 4.89. The van der Waals surface area contributed by atoms with E-state index in [1.54, 1.807) is 0 Å². The molecule has 4 heteroatoms. The standard InChI is InChI=1S/C33H32N4/c1-3-25-19-35-33(29-15-16-37(22-31(25)29)21-24-9-5-4-6-10-24)36-28-14-13-23(2)30(18-28)32-17-26-11-7-8-12-27(26)20-34-32/h4-14,17-20H,3,15-16,21-22H2,1-2H3,(H,35,36). The van der Waals surface area contributed by atoms with Gasteiger partial charge in [-0.1, -0.05) is 67.6 Å². The van der Waals surface area contributed by atoms with Crippen LogP contribution in [0.4, 0.5) is 11.5 Å². The fourth-order valence-corrected chi connectivity index (χ4v) is 5.41. The van der Waals surface area contributed by atoms with Gasteiger partial charge in [0.2, 0.25) is 0 Å². The van der Waals surface area contributed by atoms with Gasteiger partial charge in [-0.15, -0.1) is 0 Å². The molecule has 184 valence electrons. The van der Waals surface area contributed by atoms with Crippen molar-refractivity contribution in [2.45, 2.75) is 39.8 Å². The third-order valence-corrected chi connectivity index (χ3v) is 7.48. The summed E-state index contributed by atoms with van der Waals surface area (Å²) in [6.07, 6.45) is 6.02. The Morgan fingerprint density at radius 3 is 2.49 bits per heavy atom. The van der Waals surface area contributed by atoms with E-state index in [9.17, 15) is 0 Å². The van der Waals surface area contributed by atoms with Crippen LogP contribution in [-0.2, 0) is 25.9 Å². The van der Waals surface area contributed by atoms with E-state index in [4.69, 9.17) is 9.97 Å². The van der Waals surface area contributed by atoms with Crippen LogP contribution < -0.4 is 5.32 Å². The van der Waals surface area contributed by atoms with Crippen molar-refractivity contribution in [1.82, 2.24) is 14.9 Å². The van der Waals surface area contributed by atoms with Crippen LogP contribution in [0.2, 0.25) is 0 Å². The highest BCUT2D eigenvalue weighted by Crippen LogP contribution is 2.33. The zero-order chi connectivity index (χ0) is 25.2. The third kappa shape index (κ3) is 4.85. The molecule has 0 saturated heterocycles. The molecular weight excluding hydrogens is 452 g/mol. The highest BCUT2D eigenvalue weighted by atomic mass is 15.1. The van der Waals surface area contributed by atoms with Gasteiger partial charge in [-0.25, -0.2) is 4.98 Å². The summed E-state index contributed by atoms with van der Waals surface area (Å²) in [7, 11) is 0. The van der Waals surface area contributed by atoms with Crippen LogP contribution in [0.1, 0.15) is 34.7 Å². The van der Waals surface area contributed by atoms with Gasteiger partial charge < -0.3 is 5.32 Å². The van der Waals surface area contributed by atoms with Gasteiger partial charge in [-0.2, -0.15) is 0 Å². The molecule has 3 aromatic carbocycles. The molecular formula is C33H32N4. The molecule has 1 aliphatic rings. The first kappa shape index (κ1) is 23.4. The molecule has 4 nitrogen and oxygen atoms in total. The van der Waals surface area contributed by atoms with E-state index in [-0.39, 0.29) is 0 Å². The molecule has 0 radical (unpaired) electrons. The number of anilines is 2. The molecule has 6 rings (SSSR count). The molecule has 2 aromatic heterocycles. The quantitative estimate of drug-likeness (QED) is 0.271. The van der Waals surface area contributed by atoms with Crippen molar-refractivity contribution < 1.29 is 0 Å². The zero-order valence-corrected chi connectivity index (χ0v) is 21.5. The van der Waals surface area contributed by atoms with Crippen LogP contribution in [0.3, 0.4) is 0 Å². The molecule has 1 N–H and O–H groups in total. The lowest BCUT2D eigenvalue weighted by molar-refractivity contribution is 0.244. The van der Waals surface area contributed by atoms with Crippen LogP contribution in [0.15, 0.2) is 91.3 Å². The van der Waals surface area contributed by atoms with Crippen molar-refractivity contribution in [2.75, 3.05) is 11.9 Å². The van der Waals surface area contributed by atoms with Crippen molar-refractivity contribution in [1.29, 1.82) is 0 Å². The number of aryl methyl sites for hydroxylation is 2. The first-order valence-corrected chi connectivity index (χ1v) is 13.2. The summed E-state index contributed by atoms with van der Waals surface area (Å²) in [4.78, 5) is 12.2. The third-order valence-electron chi connectivity index (χ3n) is 7.48. The Kier molecular flexibility index (Phi) is 6.42. The minimum atomic E-state index is 0.963. The highest BCUT2D eigenvalue weighted by Gasteiger charge is 2.22. The van der Waals surface area contributed by atoms with E-state index in [1.165, 1.54) is 33.2 Å². The summed E-state index contributed by atoms with van der Waals surface area (Å²) in [5, 5.41) is 6.03. The van der Waals surface area contributed by atoms with Crippen LogP contribution in [-0.4, -0.2) is 21.4 Å². The molecule has 0 amide bonds. The molecule has 1 aliphatic heterocycles. The van der Waals surface area contributed by atoms with Gasteiger partial charge in [0.1, 0.15) is 5.82 Å². The van der Waals surface area contributed by atoms with Gasteiger partial charge >= 0.3 is 0 Å². The Labute approximate surface area is 219 Å². The van der Waals surface area contributed by atoms with Crippen molar-refractivity contribution >= 4 is 22.3 Å². The minimum absolute atomic E-state index is 0.963. The number of nitrogens with zero attached hydrogens (tertiary/aromatic N) is 3. The minimum Gasteiger partial charge on any atom is -0.340 e. The number of hydrogen-bond donors (Lipinski definition) is 1. The fourth-order valence-electron chi connectivity index (χ4n) is 5.41. The summed E-state index contributed by atoms with van der Waals surface area (Å²) < 4.78 is 0. The summed E-state index contributed by atoms with van der Waals surface area (Å²) in [6.45, 7) is 7.35. The van der Waals surface area contributed by atoms with E-state index in [0.717, 1.165) is 60.6 Å². The second-order valence-corrected chi connectivity index (χ2v) is 9.96. The lowest BCUT2D eigenvalue weighted by Crippen LogP contribution is -2.31. The molecule has 0 atom stereocenters. The zero-order valence-electron chi connectivity index (χ0n) is 21.5. The number of hydrogen-bond acceptors (Lipinski definition) is 4. The average Bonchev–Trinajstić information content (AvgIpc) is 2.94. The summed E-state index contributed by atoms with van der Waals surface area (Å²) >= 11 is 0. The molecule has 37 heavy (non-hydrogen) atoms. The number of aromatic nitrogens is 2. The van der Waals surface area contributed by atoms with Crippen molar-refractivity contribution in [3.8, 4) is 11.3 Å². The fraction of sp³-hybridized carbons (Fsp3) is 0.212. The van der Waals surface area contributed by atoms with Gasteiger partial charge in [0.15, 0.2) is 0 Å². The average molecular weight is 485 g/mol. The molecule has 0 unspecified atom stereocenters. The predicted molar refractivity (Wildman–Crippen MR) is 153 cm³/mol. The highest BCUT2D eigenvalue weighted by molar-refractivity contribution is 5.86. The van der Waals surface area contributed by atoms with Gasteiger partial charge in [0.25, 0.3) is 0 Å². The maximum Gasteiger partial charge on any atom is 0.133 e. The maximum atomic E-state index is 4.89. The normalized spacial score (nSPS) is 13.5. The number of pyridine rings is 2.